The summed E-state index contributed by atoms with van der Waals surface area (Å²) in [5, 5.41) is 11.8. The molecule has 8 heteroatoms. The molecule has 1 fully saturated rings. The molecule has 1 aromatic heterocycles. The summed E-state index contributed by atoms with van der Waals surface area (Å²) in [5.74, 6) is 0.334. The molecule has 0 radical (unpaired) electrons. The Labute approximate surface area is 159 Å². The van der Waals surface area contributed by atoms with Crippen LogP contribution in [0.4, 0.5) is 0 Å². The van der Waals surface area contributed by atoms with Gasteiger partial charge in [0.15, 0.2) is 9.84 Å². The van der Waals surface area contributed by atoms with Crippen LogP contribution >= 0.6 is 15.9 Å². The van der Waals surface area contributed by atoms with E-state index < -0.39 is 21.8 Å². The van der Waals surface area contributed by atoms with Gasteiger partial charge in [-0.25, -0.2) is 8.42 Å². The first-order valence-corrected chi connectivity index (χ1v) is 10.5. The molecule has 2 aromatic rings. The number of furan rings is 1. The maximum Gasteiger partial charge on any atom is 0.262 e. The first kappa shape index (κ1) is 18.4. The third-order valence-electron chi connectivity index (χ3n) is 3.96. The number of rotatable bonds is 4. The smallest absolute Gasteiger partial charge is 0.262 e. The van der Waals surface area contributed by atoms with Crippen LogP contribution in [0.25, 0.3) is 17.4 Å². The van der Waals surface area contributed by atoms with Crippen LogP contribution in [0.15, 0.2) is 50.9 Å². The molecule has 1 amide bonds. The van der Waals surface area contributed by atoms with E-state index in [1.807, 2.05) is 30.3 Å². The van der Waals surface area contributed by atoms with Crippen molar-refractivity contribution in [1.82, 2.24) is 5.32 Å². The fraction of sp³-hybridized carbons (Fsp3) is 0.222. The zero-order valence-corrected chi connectivity index (χ0v) is 16.0. The standard InChI is InChI=1S/C18H15BrN2O4S/c19-14-3-1-2-12(8-14)17-5-4-16(25-17)9-13(10-20)18(22)21-15-6-7-26(23,24)11-15/h1-5,8-9,15H,6-7,11H2,(H,21,22)/b13-9-. The number of sulfone groups is 1. The number of nitrogens with one attached hydrogen (secondary N) is 1. The molecule has 1 aliphatic rings. The van der Waals surface area contributed by atoms with E-state index in [0.29, 0.717) is 17.9 Å². The van der Waals surface area contributed by atoms with Crippen molar-refractivity contribution in [2.24, 2.45) is 0 Å². The number of halogens is 1. The fourth-order valence-corrected chi connectivity index (χ4v) is 4.76. The van der Waals surface area contributed by atoms with Gasteiger partial charge in [-0.2, -0.15) is 5.26 Å². The van der Waals surface area contributed by atoms with Gasteiger partial charge in [-0.3, -0.25) is 4.79 Å². The average Bonchev–Trinajstić information content (AvgIpc) is 3.18. The lowest BCUT2D eigenvalue weighted by Crippen LogP contribution is -2.36. The summed E-state index contributed by atoms with van der Waals surface area (Å²) < 4.78 is 29.5. The highest BCUT2D eigenvalue weighted by atomic mass is 79.9. The van der Waals surface area contributed by atoms with Crippen molar-refractivity contribution >= 4 is 37.8 Å². The molecule has 1 saturated heterocycles. The number of nitriles is 1. The molecule has 134 valence electrons. The second-order valence-electron chi connectivity index (χ2n) is 5.96. The number of nitrogens with zero attached hydrogens (tertiary/aromatic N) is 1. The van der Waals surface area contributed by atoms with Gasteiger partial charge in [0.05, 0.1) is 11.5 Å². The van der Waals surface area contributed by atoms with Crippen LogP contribution < -0.4 is 5.32 Å². The molecular weight excluding hydrogens is 420 g/mol. The molecule has 26 heavy (non-hydrogen) atoms. The van der Waals surface area contributed by atoms with Gasteiger partial charge in [0.2, 0.25) is 0 Å². The number of carbonyl (C=O) groups excluding carboxylic acids is 1. The van der Waals surface area contributed by atoms with E-state index in [2.05, 4.69) is 21.2 Å². The summed E-state index contributed by atoms with van der Waals surface area (Å²) >= 11 is 3.39. The zero-order valence-electron chi connectivity index (χ0n) is 13.6. The number of amides is 1. The summed E-state index contributed by atoms with van der Waals surface area (Å²) in [6, 6.07) is 12.3. The van der Waals surface area contributed by atoms with Gasteiger partial charge in [-0.05, 0) is 30.7 Å². The first-order chi connectivity index (χ1) is 12.4. The van der Waals surface area contributed by atoms with Gasteiger partial charge < -0.3 is 9.73 Å². The summed E-state index contributed by atoms with van der Waals surface area (Å²) in [5.41, 5.74) is 0.725. The van der Waals surface area contributed by atoms with Crippen molar-refractivity contribution in [2.45, 2.75) is 12.5 Å². The van der Waals surface area contributed by atoms with Crippen molar-refractivity contribution in [3.8, 4) is 17.4 Å². The van der Waals surface area contributed by atoms with E-state index in [-0.39, 0.29) is 17.1 Å². The number of benzene rings is 1. The molecule has 1 aliphatic heterocycles. The fourth-order valence-electron chi connectivity index (χ4n) is 2.69. The highest BCUT2D eigenvalue weighted by Crippen LogP contribution is 2.26. The van der Waals surface area contributed by atoms with E-state index in [1.54, 1.807) is 12.1 Å². The van der Waals surface area contributed by atoms with E-state index in [1.165, 1.54) is 6.08 Å². The number of carbonyl (C=O) groups is 1. The van der Waals surface area contributed by atoms with E-state index >= 15 is 0 Å². The minimum Gasteiger partial charge on any atom is -0.457 e. The van der Waals surface area contributed by atoms with Gasteiger partial charge in [0.1, 0.15) is 23.2 Å². The lowest BCUT2D eigenvalue weighted by Gasteiger charge is -2.09. The number of hydrogen-bond acceptors (Lipinski definition) is 5. The summed E-state index contributed by atoms with van der Waals surface area (Å²) in [6.45, 7) is 0. The largest absolute Gasteiger partial charge is 0.457 e. The molecule has 1 aromatic carbocycles. The van der Waals surface area contributed by atoms with E-state index in [9.17, 15) is 18.5 Å². The predicted octanol–water partition coefficient (Wildman–Crippen LogP) is 2.92. The second kappa shape index (κ2) is 7.48. The van der Waals surface area contributed by atoms with Crippen molar-refractivity contribution in [3.05, 3.63) is 52.2 Å². The Bertz CT molecular complexity index is 1020. The zero-order chi connectivity index (χ0) is 18.7. The van der Waals surface area contributed by atoms with Crippen molar-refractivity contribution in [2.75, 3.05) is 11.5 Å². The van der Waals surface area contributed by atoms with E-state index in [4.69, 9.17) is 4.42 Å². The highest BCUT2D eigenvalue weighted by Gasteiger charge is 2.29. The Kier molecular flexibility index (Phi) is 5.30. The minimum atomic E-state index is -3.10. The topological polar surface area (TPSA) is 100 Å². The van der Waals surface area contributed by atoms with E-state index in [0.717, 1.165) is 10.0 Å². The van der Waals surface area contributed by atoms with Gasteiger partial charge in [-0.15, -0.1) is 0 Å². The average molecular weight is 435 g/mol. The molecule has 0 spiro atoms. The lowest BCUT2D eigenvalue weighted by atomic mass is 10.2. The quantitative estimate of drug-likeness (QED) is 0.588. The third kappa shape index (κ3) is 4.42. The highest BCUT2D eigenvalue weighted by molar-refractivity contribution is 9.10. The number of hydrogen-bond donors (Lipinski definition) is 1. The Morgan fingerprint density at radius 1 is 1.35 bits per heavy atom. The second-order valence-corrected chi connectivity index (χ2v) is 9.10. The first-order valence-electron chi connectivity index (χ1n) is 7.85. The Hall–Kier alpha value is -2.37. The van der Waals surface area contributed by atoms with Crippen LogP contribution in [-0.4, -0.2) is 31.9 Å². The lowest BCUT2D eigenvalue weighted by molar-refractivity contribution is -0.117. The normalized spacial score (nSPS) is 19.1. The Balaban J connectivity index is 1.75. The molecular formula is C18H15BrN2O4S. The summed E-state index contributed by atoms with van der Waals surface area (Å²) in [6.07, 6.45) is 1.71. The maximum atomic E-state index is 12.2. The maximum absolute atomic E-state index is 12.2. The van der Waals surface area contributed by atoms with Crippen LogP contribution in [0.2, 0.25) is 0 Å². The molecule has 1 unspecified atom stereocenters. The molecule has 0 bridgehead atoms. The molecule has 0 aliphatic carbocycles. The van der Waals surface area contributed by atoms with Gasteiger partial charge in [0, 0.05) is 22.2 Å². The van der Waals surface area contributed by atoms with Crippen LogP contribution in [0.1, 0.15) is 12.2 Å². The van der Waals surface area contributed by atoms with Crippen LogP contribution in [0.3, 0.4) is 0 Å². The van der Waals surface area contributed by atoms with Crippen molar-refractivity contribution in [3.63, 3.8) is 0 Å². The summed E-state index contributed by atoms with van der Waals surface area (Å²) in [7, 11) is -3.10. The third-order valence-corrected chi connectivity index (χ3v) is 6.22. The molecule has 3 rings (SSSR count). The molecule has 1 atom stereocenters. The SMILES string of the molecule is N#C/C(=C/c1ccc(-c2cccc(Br)c2)o1)C(=O)NC1CCS(=O)(=O)C1. The Morgan fingerprint density at radius 2 is 2.15 bits per heavy atom. The molecule has 1 N–H and O–H groups in total. The van der Waals surface area contributed by atoms with Crippen LogP contribution in [-0.2, 0) is 14.6 Å². The molecule has 0 saturated carbocycles. The van der Waals surface area contributed by atoms with Gasteiger partial charge in [-0.1, -0.05) is 28.1 Å². The molecule has 6 nitrogen and oxygen atoms in total. The summed E-state index contributed by atoms with van der Waals surface area (Å²) in [4.78, 5) is 12.2. The van der Waals surface area contributed by atoms with Gasteiger partial charge >= 0.3 is 0 Å². The monoisotopic (exact) mass is 434 g/mol. The van der Waals surface area contributed by atoms with Crippen LogP contribution in [0.5, 0.6) is 0 Å². The van der Waals surface area contributed by atoms with Gasteiger partial charge in [0.25, 0.3) is 5.91 Å². The molecule has 2 heterocycles. The van der Waals surface area contributed by atoms with Crippen molar-refractivity contribution < 1.29 is 17.6 Å². The minimum absolute atomic E-state index is 0.0533. The van der Waals surface area contributed by atoms with Crippen molar-refractivity contribution in [1.29, 1.82) is 5.26 Å². The Morgan fingerprint density at radius 3 is 2.81 bits per heavy atom. The van der Waals surface area contributed by atoms with Crippen LogP contribution in [0, 0.1) is 11.3 Å². The predicted molar refractivity (Wildman–Crippen MR) is 101 cm³/mol.